The average Bonchev–Trinajstić information content (AvgIpc) is 2.87. The molecular formula is C17H16F2N2. The van der Waals surface area contributed by atoms with Crippen LogP contribution in [0, 0.1) is 11.6 Å². The van der Waals surface area contributed by atoms with Crippen LogP contribution in [0.4, 0.5) is 14.5 Å². The van der Waals surface area contributed by atoms with Gasteiger partial charge in [0.2, 0.25) is 0 Å². The van der Waals surface area contributed by atoms with Crippen LogP contribution in [0.15, 0.2) is 36.5 Å². The number of fused-ring (bicyclic) bond motifs is 1. The largest absolute Gasteiger partial charge is 0.394 e. The summed E-state index contributed by atoms with van der Waals surface area (Å²) in [5.41, 5.74) is 8.38. The number of nitrogen functional groups attached to an aromatic ring is 1. The van der Waals surface area contributed by atoms with Crippen LogP contribution >= 0.6 is 0 Å². The summed E-state index contributed by atoms with van der Waals surface area (Å²) in [6, 6.07) is 8.27. The fourth-order valence-electron chi connectivity index (χ4n) is 2.59. The molecule has 0 aliphatic heterocycles. The van der Waals surface area contributed by atoms with Crippen molar-refractivity contribution in [3.05, 3.63) is 53.7 Å². The van der Waals surface area contributed by atoms with Gasteiger partial charge in [-0.15, -0.1) is 0 Å². The third-order valence-electron chi connectivity index (χ3n) is 3.70. The SMILES string of the molecule is CCCc1c[nH]c2ccc(-c3cc(F)c(N)c(F)c3)cc12. The number of hydrogen-bond donors (Lipinski definition) is 2. The summed E-state index contributed by atoms with van der Waals surface area (Å²) >= 11 is 0. The molecule has 0 saturated heterocycles. The number of anilines is 1. The van der Waals surface area contributed by atoms with E-state index in [0.29, 0.717) is 5.56 Å². The van der Waals surface area contributed by atoms with E-state index in [1.54, 1.807) is 0 Å². The standard InChI is InChI=1S/C17H16F2N2/c1-2-3-11-9-21-16-5-4-10(6-13(11)16)12-7-14(18)17(20)15(19)8-12/h4-9,21H,2-3,20H2,1H3. The van der Waals surface area contributed by atoms with Crippen molar-refractivity contribution in [3.63, 3.8) is 0 Å². The van der Waals surface area contributed by atoms with Gasteiger partial charge in [0.25, 0.3) is 0 Å². The molecule has 3 N–H and O–H groups in total. The number of nitrogens with one attached hydrogen (secondary N) is 1. The molecule has 0 saturated carbocycles. The molecule has 4 heteroatoms. The molecule has 0 aliphatic carbocycles. The maximum atomic E-state index is 13.6. The first-order chi connectivity index (χ1) is 10.1. The Morgan fingerprint density at radius 1 is 1.05 bits per heavy atom. The zero-order valence-electron chi connectivity index (χ0n) is 11.7. The van der Waals surface area contributed by atoms with E-state index in [1.165, 1.54) is 17.7 Å². The highest BCUT2D eigenvalue weighted by molar-refractivity contribution is 5.88. The summed E-state index contributed by atoms with van der Waals surface area (Å²) in [7, 11) is 0. The molecule has 3 rings (SSSR count). The lowest BCUT2D eigenvalue weighted by molar-refractivity contribution is 0.592. The van der Waals surface area contributed by atoms with E-state index in [-0.39, 0.29) is 0 Å². The van der Waals surface area contributed by atoms with Crippen molar-refractivity contribution in [1.82, 2.24) is 4.98 Å². The van der Waals surface area contributed by atoms with Crippen LogP contribution in [0.1, 0.15) is 18.9 Å². The van der Waals surface area contributed by atoms with Gasteiger partial charge in [0.1, 0.15) is 17.3 Å². The van der Waals surface area contributed by atoms with Crippen molar-refractivity contribution in [2.45, 2.75) is 19.8 Å². The normalized spacial score (nSPS) is 11.2. The molecule has 0 spiro atoms. The fraction of sp³-hybridized carbons (Fsp3) is 0.176. The van der Waals surface area contributed by atoms with Gasteiger partial charge in [0, 0.05) is 17.1 Å². The number of benzene rings is 2. The summed E-state index contributed by atoms with van der Waals surface area (Å²) in [6.07, 6.45) is 4.00. The number of aromatic nitrogens is 1. The summed E-state index contributed by atoms with van der Waals surface area (Å²) in [4.78, 5) is 3.22. The Labute approximate surface area is 121 Å². The molecule has 0 unspecified atom stereocenters. The predicted molar refractivity (Wildman–Crippen MR) is 82.1 cm³/mol. The van der Waals surface area contributed by atoms with E-state index >= 15 is 0 Å². The Morgan fingerprint density at radius 2 is 1.76 bits per heavy atom. The quantitative estimate of drug-likeness (QED) is 0.676. The molecule has 2 aromatic carbocycles. The van der Waals surface area contributed by atoms with E-state index in [9.17, 15) is 8.78 Å². The summed E-state index contributed by atoms with van der Waals surface area (Å²) in [5, 5.41) is 1.09. The predicted octanol–water partition coefficient (Wildman–Crippen LogP) is 4.65. The average molecular weight is 286 g/mol. The Balaban J connectivity index is 2.14. The molecule has 0 aliphatic rings. The second kappa shape index (κ2) is 5.20. The second-order valence-corrected chi connectivity index (χ2v) is 5.18. The van der Waals surface area contributed by atoms with Gasteiger partial charge in [-0.2, -0.15) is 0 Å². The van der Waals surface area contributed by atoms with Crippen molar-refractivity contribution in [2.24, 2.45) is 0 Å². The highest BCUT2D eigenvalue weighted by Gasteiger charge is 2.10. The molecule has 3 aromatic rings. The van der Waals surface area contributed by atoms with Gasteiger partial charge in [0.05, 0.1) is 0 Å². The van der Waals surface area contributed by atoms with Crippen molar-refractivity contribution in [1.29, 1.82) is 0 Å². The second-order valence-electron chi connectivity index (χ2n) is 5.18. The number of aryl methyl sites for hydroxylation is 1. The zero-order valence-corrected chi connectivity index (χ0v) is 11.7. The van der Waals surface area contributed by atoms with Gasteiger partial charge in [-0.25, -0.2) is 8.78 Å². The van der Waals surface area contributed by atoms with Gasteiger partial charge in [-0.05, 0) is 47.4 Å². The highest BCUT2D eigenvalue weighted by Crippen LogP contribution is 2.29. The highest BCUT2D eigenvalue weighted by atomic mass is 19.1. The minimum Gasteiger partial charge on any atom is -0.394 e. The Morgan fingerprint density at radius 3 is 2.43 bits per heavy atom. The maximum absolute atomic E-state index is 13.6. The first-order valence-electron chi connectivity index (χ1n) is 6.95. The molecule has 0 bridgehead atoms. The molecule has 0 atom stereocenters. The molecule has 21 heavy (non-hydrogen) atoms. The van der Waals surface area contributed by atoms with Crippen molar-refractivity contribution in [3.8, 4) is 11.1 Å². The molecule has 1 heterocycles. The van der Waals surface area contributed by atoms with Crippen LogP contribution in [0.5, 0.6) is 0 Å². The number of halogens is 2. The van der Waals surface area contributed by atoms with Crippen LogP contribution in [0.25, 0.3) is 22.0 Å². The molecule has 108 valence electrons. The monoisotopic (exact) mass is 286 g/mol. The lowest BCUT2D eigenvalue weighted by atomic mass is 10.0. The van der Waals surface area contributed by atoms with E-state index in [1.807, 2.05) is 24.4 Å². The summed E-state index contributed by atoms with van der Waals surface area (Å²) in [6.45, 7) is 2.12. The first kappa shape index (κ1) is 13.6. The first-order valence-corrected chi connectivity index (χ1v) is 6.95. The van der Waals surface area contributed by atoms with Crippen molar-refractivity contribution >= 4 is 16.6 Å². The van der Waals surface area contributed by atoms with Gasteiger partial charge in [-0.1, -0.05) is 19.4 Å². The van der Waals surface area contributed by atoms with E-state index in [2.05, 4.69) is 11.9 Å². The number of rotatable bonds is 3. The van der Waals surface area contributed by atoms with Crippen molar-refractivity contribution in [2.75, 3.05) is 5.73 Å². The lowest BCUT2D eigenvalue weighted by Crippen LogP contribution is -1.96. The Bertz CT molecular complexity index is 783. The van der Waals surface area contributed by atoms with Gasteiger partial charge >= 0.3 is 0 Å². The molecule has 2 nitrogen and oxygen atoms in total. The van der Waals surface area contributed by atoms with Gasteiger partial charge < -0.3 is 10.7 Å². The number of hydrogen-bond acceptors (Lipinski definition) is 1. The summed E-state index contributed by atoms with van der Waals surface area (Å²) in [5.74, 6) is -1.46. The third-order valence-corrected chi connectivity index (χ3v) is 3.70. The van der Waals surface area contributed by atoms with Crippen LogP contribution in [-0.4, -0.2) is 4.98 Å². The zero-order chi connectivity index (χ0) is 15.0. The van der Waals surface area contributed by atoms with Gasteiger partial charge in [0.15, 0.2) is 0 Å². The number of H-pyrrole nitrogens is 1. The van der Waals surface area contributed by atoms with Gasteiger partial charge in [-0.3, -0.25) is 0 Å². The maximum Gasteiger partial charge on any atom is 0.149 e. The molecule has 0 amide bonds. The van der Waals surface area contributed by atoms with Crippen molar-refractivity contribution < 1.29 is 8.78 Å². The Kier molecular flexibility index (Phi) is 3.37. The topological polar surface area (TPSA) is 41.8 Å². The smallest absolute Gasteiger partial charge is 0.149 e. The Hall–Kier alpha value is -2.36. The minimum absolute atomic E-state index is 0.437. The van der Waals surface area contributed by atoms with E-state index < -0.39 is 17.3 Å². The van der Waals surface area contributed by atoms with Crippen LogP contribution in [-0.2, 0) is 6.42 Å². The molecule has 0 radical (unpaired) electrons. The van der Waals surface area contributed by atoms with E-state index in [4.69, 9.17) is 5.73 Å². The van der Waals surface area contributed by atoms with Crippen LogP contribution in [0.3, 0.4) is 0 Å². The third kappa shape index (κ3) is 2.37. The molecular weight excluding hydrogens is 270 g/mol. The minimum atomic E-state index is -0.729. The lowest BCUT2D eigenvalue weighted by Gasteiger charge is -2.06. The number of nitrogens with two attached hydrogens (primary N) is 1. The van der Waals surface area contributed by atoms with Crippen LogP contribution < -0.4 is 5.73 Å². The van der Waals surface area contributed by atoms with Crippen LogP contribution in [0.2, 0.25) is 0 Å². The fourth-order valence-corrected chi connectivity index (χ4v) is 2.59. The summed E-state index contributed by atoms with van der Waals surface area (Å²) < 4.78 is 27.2. The number of aromatic amines is 1. The molecule has 1 aromatic heterocycles. The van der Waals surface area contributed by atoms with E-state index in [0.717, 1.165) is 29.3 Å². The molecule has 0 fully saturated rings.